The number of unbranched alkanes of at least 4 members (excludes halogenated alkanes) is 4. The van der Waals surface area contributed by atoms with Crippen LogP contribution < -0.4 is 0 Å². The highest BCUT2D eigenvalue weighted by molar-refractivity contribution is 5.66. The minimum absolute atomic E-state index is 0.275. The van der Waals surface area contributed by atoms with E-state index in [2.05, 4.69) is 31.2 Å². The van der Waals surface area contributed by atoms with Gasteiger partial charge in [-0.15, -0.1) is 0 Å². The van der Waals surface area contributed by atoms with Crippen LogP contribution in [0.1, 0.15) is 58.3 Å². The van der Waals surface area contributed by atoms with Crippen molar-refractivity contribution >= 4 is 5.97 Å². The third-order valence-corrected chi connectivity index (χ3v) is 2.34. The molecular formula is C14H24O2. The lowest BCUT2D eigenvalue weighted by Gasteiger charge is -1.91. The van der Waals surface area contributed by atoms with E-state index in [1.54, 1.807) is 0 Å². The zero-order valence-corrected chi connectivity index (χ0v) is 10.3. The smallest absolute Gasteiger partial charge is 0.303 e. The zero-order valence-electron chi connectivity index (χ0n) is 10.3. The molecule has 0 aromatic carbocycles. The Morgan fingerprint density at radius 2 is 1.62 bits per heavy atom. The predicted molar refractivity (Wildman–Crippen MR) is 68.5 cm³/mol. The largest absolute Gasteiger partial charge is 0.481 e. The second-order valence-electron chi connectivity index (χ2n) is 3.96. The number of aliphatic carboxylic acids is 1. The van der Waals surface area contributed by atoms with Crippen LogP contribution in [0.2, 0.25) is 0 Å². The maximum atomic E-state index is 10.2. The molecule has 0 unspecified atom stereocenters. The van der Waals surface area contributed by atoms with Gasteiger partial charge in [0.1, 0.15) is 0 Å². The molecule has 0 amide bonds. The number of carbonyl (C=O) groups is 1. The lowest BCUT2D eigenvalue weighted by Crippen LogP contribution is -1.92. The van der Waals surface area contributed by atoms with E-state index in [9.17, 15) is 4.79 Å². The van der Waals surface area contributed by atoms with Gasteiger partial charge in [0.25, 0.3) is 0 Å². The summed E-state index contributed by atoms with van der Waals surface area (Å²) in [5.41, 5.74) is 0. The molecule has 1 N–H and O–H groups in total. The fraction of sp³-hybridized carbons (Fsp3) is 0.643. The van der Waals surface area contributed by atoms with Gasteiger partial charge in [0, 0.05) is 6.42 Å². The van der Waals surface area contributed by atoms with Gasteiger partial charge in [-0.3, -0.25) is 4.79 Å². The van der Waals surface area contributed by atoms with Crippen LogP contribution in [0.15, 0.2) is 24.3 Å². The van der Waals surface area contributed by atoms with Crippen molar-refractivity contribution in [1.82, 2.24) is 0 Å². The molecule has 0 aromatic heterocycles. The first-order valence-electron chi connectivity index (χ1n) is 6.29. The van der Waals surface area contributed by atoms with E-state index in [0.29, 0.717) is 0 Å². The average molecular weight is 224 g/mol. The molecule has 0 saturated carbocycles. The van der Waals surface area contributed by atoms with E-state index >= 15 is 0 Å². The number of allylic oxidation sites excluding steroid dienone is 4. The highest BCUT2D eigenvalue weighted by Crippen LogP contribution is 2.01. The van der Waals surface area contributed by atoms with Crippen molar-refractivity contribution in [3.05, 3.63) is 24.3 Å². The molecule has 0 aliphatic heterocycles. The van der Waals surface area contributed by atoms with E-state index < -0.39 is 5.97 Å². The van der Waals surface area contributed by atoms with Gasteiger partial charge in [0.05, 0.1) is 0 Å². The topological polar surface area (TPSA) is 37.3 Å². The third kappa shape index (κ3) is 12.9. The highest BCUT2D eigenvalue weighted by Gasteiger charge is 1.92. The first-order valence-corrected chi connectivity index (χ1v) is 6.29. The fourth-order valence-corrected chi connectivity index (χ4v) is 1.39. The zero-order chi connectivity index (χ0) is 12.1. The Hall–Kier alpha value is -1.05. The molecule has 2 nitrogen and oxygen atoms in total. The van der Waals surface area contributed by atoms with Gasteiger partial charge in [0.15, 0.2) is 0 Å². The van der Waals surface area contributed by atoms with Gasteiger partial charge in [-0.25, -0.2) is 0 Å². The van der Waals surface area contributed by atoms with Crippen LogP contribution in [0.3, 0.4) is 0 Å². The molecular weight excluding hydrogens is 200 g/mol. The lowest BCUT2D eigenvalue weighted by molar-refractivity contribution is -0.137. The average Bonchev–Trinajstić information content (AvgIpc) is 2.25. The molecule has 0 fully saturated rings. The number of rotatable bonds is 10. The Morgan fingerprint density at radius 3 is 2.19 bits per heavy atom. The summed E-state index contributed by atoms with van der Waals surface area (Å²) < 4.78 is 0. The summed E-state index contributed by atoms with van der Waals surface area (Å²) >= 11 is 0. The van der Waals surface area contributed by atoms with Gasteiger partial charge in [-0.1, -0.05) is 44.1 Å². The van der Waals surface area contributed by atoms with Crippen LogP contribution in [0, 0.1) is 0 Å². The van der Waals surface area contributed by atoms with Gasteiger partial charge in [0.2, 0.25) is 0 Å². The highest BCUT2D eigenvalue weighted by atomic mass is 16.4. The summed E-state index contributed by atoms with van der Waals surface area (Å²) in [5, 5.41) is 8.42. The van der Waals surface area contributed by atoms with E-state index in [0.717, 1.165) is 19.3 Å². The van der Waals surface area contributed by atoms with E-state index in [1.165, 1.54) is 25.7 Å². The van der Waals surface area contributed by atoms with Crippen LogP contribution >= 0.6 is 0 Å². The Balaban J connectivity index is 3.23. The molecule has 0 aliphatic carbocycles. The molecule has 0 saturated heterocycles. The summed E-state index contributed by atoms with van der Waals surface area (Å²) in [6.07, 6.45) is 16.5. The molecule has 16 heavy (non-hydrogen) atoms. The van der Waals surface area contributed by atoms with Crippen LogP contribution in [0.5, 0.6) is 0 Å². The Kier molecular flexibility index (Phi) is 11.2. The monoisotopic (exact) mass is 224 g/mol. The van der Waals surface area contributed by atoms with E-state index in [4.69, 9.17) is 5.11 Å². The standard InChI is InChI=1S/C14H24O2/c1-2-3-4-5-6-7-8-9-10-11-12-13-14(15)16/h6-7,9-10H,2-5,8,11-13H2,1H3,(H,15,16)/b7-6?,10-9-. The summed E-state index contributed by atoms with van der Waals surface area (Å²) in [6, 6.07) is 0. The second kappa shape index (κ2) is 12.0. The van der Waals surface area contributed by atoms with Crippen LogP contribution in [0.25, 0.3) is 0 Å². The van der Waals surface area contributed by atoms with Crippen molar-refractivity contribution in [2.45, 2.75) is 58.3 Å². The van der Waals surface area contributed by atoms with Gasteiger partial charge >= 0.3 is 5.97 Å². The lowest BCUT2D eigenvalue weighted by atomic mass is 10.2. The number of carboxylic acid groups (broad SMARTS) is 1. The van der Waals surface area contributed by atoms with Gasteiger partial charge in [-0.2, -0.15) is 0 Å². The Labute approximate surface area is 99.1 Å². The second-order valence-corrected chi connectivity index (χ2v) is 3.96. The van der Waals surface area contributed by atoms with Crippen LogP contribution in [-0.4, -0.2) is 11.1 Å². The quantitative estimate of drug-likeness (QED) is 0.443. The first kappa shape index (κ1) is 14.9. The normalized spacial score (nSPS) is 11.6. The number of carboxylic acids is 1. The Morgan fingerprint density at radius 1 is 1.00 bits per heavy atom. The summed E-state index contributed by atoms with van der Waals surface area (Å²) in [4.78, 5) is 10.2. The Bertz CT molecular complexity index is 217. The molecule has 0 atom stereocenters. The van der Waals surface area contributed by atoms with E-state index in [-0.39, 0.29) is 6.42 Å². The van der Waals surface area contributed by atoms with Gasteiger partial charge in [-0.05, 0) is 32.1 Å². The van der Waals surface area contributed by atoms with Crippen LogP contribution in [0.4, 0.5) is 0 Å². The number of hydrogen-bond acceptors (Lipinski definition) is 1. The van der Waals surface area contributed by atoms with Crippen molar-refractivity contribution in [1.29, 1.82) is 0 Å². The summed E-state index contributed by atoms with van der Waals surface area (Å²) in [5.74, 6) is -0.704. The third-order valence-electron chi connectivity index (χ3n) is 2.34. The summed E-state index contributed by atoms with van der Waals surface area (Å²) in [7, 11) is 0. The van der Waals surface area contributed by atoms with Crippen molar-refractivity contribution in [2.24, 2.45) is 0 Å². The minimum Gasteiger partial charge on any atom is -0.481 e. The molecule has 0 aromatic rings. The maximum absolute atomic E-state index is 10.2. The molecule has 0 rings (SSSR count). The van der Waals surface area contributed by atoms with E-state index in [1.807, 2.05) is 0 Å². The van der Waals surface area contributed by atoms with Crippen molar-refractivity contribution in [3.8, 4) is 0 Å². The fourth-order valence-electron chi connectivity index (χ4n) is 1.39. The van der Waals surface area contributed by atoms with Crippen molar-refractivity contribution < 1.29 is 9.90 Å². The predicted octanol–water partition coefficient (Wildman–Crippen LogP) is 4.32. The molecule has 92 valence electrons. The van der Waals surface area contributed by atoms with Crippen molar-refractivity contribution in [3.63, 3.8) is 0 Å². The maximum Gasteiger partial charge on any atom is 0.303 e. The molecule has 0 radical (unpaired) electrons. The molecule has 0 heterocycles. The molecule has 2 heteroatoms. The van der Waals surface area contributed by atoms with Crippen molar-refractivity contribution in [2.75, 3.05) is 0 Å². The first-order chi connectivity index (χ1) is 7.77. The molecule has 0 aliphatic rings. The van der Waals surface area contributed by atoms with Crippen LogP contribution in [-0.2, 0) is 4.79 Å². The minimum atomic E-state index is -0.704. The summed E-state index contributed by atoms with van der Waals surface area (Å²) in [6.45, 7) is 2.21. The molecule has 0 bridgehead atoms. The van der Waals surface area contributed by atoms with Gasteiger partial charge < -0.3 is 5.11 Å². The SMILES string of the molecule is CCCCCC=CC/C=C\CCCC(=O)O. The number of hydrogen-bond donors (Lipinski definition) is 1. The molecule has 0 spiro atoms.